The summed E-state index contributed by atoms with van der Waals surface area (Å²) < 4.78 is 16.7. The lowest BCUT2D eigenvalue weighted by atomic mass is 9.92. The molecule has 0 radical (unpaired) electrons. The summed E-state index contributed by atoms with van der Waals surface area (Å²) in [6, 6.07) is 11.5. The highest BCUT2D eigenvalue weighted by Gasteiger charge is 2.35. The van der Waals surface area contributed by atoms with E-state index in [1.807, 2.05) is 30.3 Å². The van der Waals surface area contributed by atoms with Gasteiger partial charge in [-0.15, -0.1) is 0 Å². The molecule has 0 saturated carbocycles. The Hall–Kier alpha value is -3.00. The first kappa shape index (κ1) is 20.7. The molecule has 2 N–H and O–H groups in total. The summed E-state index contributed by atoms with van der Waals surface area (Å²) in [6.07, 6.45) is 0. The maximum atomic E-state index is 12.9. The third kappa shape index (κ3) is 4.22. The minimum absolute atomic E-state index is 0.209. The number of urea groups is 1. The number of halogens is 1. The van der Waals surface area contributed by atoms with Crippen LogP contribution in [0.15, 0.2) is 52.5 Å². The molecule has 1 aliphatic heterocycles. The lowest BCUT2D eigenvalue weighted by Gasteiger charge is -2.30. The van der Waals surface area contributed by atoms with E-state index in [0.717, 1.165) is 0 Å². The molecule has 2 aromatic rings. The van der Waals surface area contributed by atoms with Crippen molar-refractivity contribution in [3.63, 3.8) is 0 Å². The van der Waals surface area contributed by atoms with Gasteiger partial charge in [0.2, 0.25) is 0 Å². The van der Waals surface area contributed by atoms with E-state index in [2.05, 4.69) is 26.6 Å². The molecule has 152 valence electrons. The lowest BCUT2D eigenvalue weighted by Crippen LogP contribution is -2.45. The van der Waals surface area contributed by atoms with E-state index in [0.29, 0.717) is 38.4 Å². The maximum Gasteiger partial charge on any atom is 0.338 e. The summed E-state index contributed by atoms with van der Waals surface area (Å²) in [4.78, 5) is 25.3. The predicted molar refractivity (Wildman–Crippen MR) is 112 cm³/mol. The number of nitrogens with one attached hydrogen (secondary N) is 2. The molecule has 1 aliphatic rings. The van der Waals surface area contributed by atoms with E-state index in [4.69, 9.17) is 14.2 Å². The number of esters is 1. The highest BCUT2D eigenvalue weighted by Crippen LogP contribution is 2.40. The molecule has 0 bridgehead atoms. The fourth-order valence-electron chi connectivity index (χ4n) is 3.18. The smallest absolute Gasteiger partial charge is 0.338 e. The fourth-order valence-corrected chi connectivity index (χ4v) is 3.80. The molecule has 29 heavy (non-hydrogen) atoms. The molecule has 0 saturated heterocycles. The highest BCUT2D eigenvalue weighted by molar-refractivity contribution is 9.10. The Morgan fingerprint density at radius 2 is 1.86 bits per heavy atom. The van der Waals surface area contributed by atoms with E-state index in [9.17, 15) is 9.59 Å². The molecule has 0 spiro atoms. The summed E-state index contributed by atoms with van der Waals surface area (Å²) in [5.41, 5.74) is 2.05. The van der Waals surface area contributed by atoms with Gasteiger partial charge in [0.15, 0.2) is 11.5 Å². The summed E-state index contributed by atoms with van der Waals surface area (Å²) in [5.74, 6) is 0.463. The normalized spacial score (nSPS) is 16.0. The monoisotopic (exact) mass is 460 g/mol. The van der Waals surface area contributed by atoms with Crippen LogP contribution < -0.4 is 20.1 Å². The Kier molecular flexibility index (Phi) is 6.43. The van der Waals surface area contributed by atoms with Crippen molar-refractivity contribution in [3.8, 4) is 11.5 Å². The van der Waals surface area contributed by atoms with Gasteiger partial charge in [-0.2, -0.15) is 0 Å². The molecule has 1 atom stereocenters. The Balaban J connectivity index is 2.22. The standard InChI is InChI=1S/C21H21BrN2O5/c1-4-29-20(25)16-17(12-8-6-5-7-9-12)23-21(26)24-18(16)13-10-14(22)19(28-3)15(11-13)27-2/h5-11,18H,4H2,1-3H3,(H2,23,24,26)/t18-/m0/s1. The quantitative estimate of drug-likeness (QED) is 0.640. The third-order valence-corrected chi connectivity index (χ3v) is 5.01. The van der Waals surface area contributed by atoms with Crippen molar-refractivity contribution < 1.29 is 23.8 Å². The predicted octanol–water partition coefficient (Wildman–Crippen LogP) is 3.79. The van der Waals surface area contributed by atoms with E-state index in [1.54, 1.807) is 19.1 Å². The van der Waals surface area contributed by atoms with Gasteiger partial charge in [-0.3, -0.25) is 0 Å². The molecular formula is C21H21BrN2O5. The van der Waals surface area contributed by atoms with Crippen LogP contribution in [0.2, 0.25) is 0 Å². The van der Waals surface area contributed by atoms with Gasteiger partial charge in [0.05, 0.1) is 42.6 Å². The molecule has 0 aromatic heterocycles. The van der Waals surface area contributed by atoms with Crippen molar-refractivity contribution >= 4 is 33.6 Å². The number of carbonyl (C=O) groups is 2. The van der Waals surface area contributed by atoms with Crippen molar-refractivity contribution in [3.05, 3.63) is 63.6 Å². The van der Waals surface area contributed by atoms with Crippen molar-refractivity contribution in [2.75, 3.05) is 20.8 Å². The van der Waals surface area contributed by atoms with Crippen LogP contribution in [0.1, 0.15) is 24.1 Å². The van der Waals surface area contributed by atoms with Crippen LogP contribution in [0.4, 0.5) is 4.79 Å². The van der Waals surface area contributed by atoms with Crippen molar-refractivity contribution in [1.82, 2.24) is 10.6 Å². The second kappa shape index (κ2) is 9.00. The number of ether oxygens (including phenoxy) is 3. The van der Waals surface area contributed by atoms with E-state index in [1.165, 1.54) is 14.2 Å². The number of methoxy groups -OCH3 is 2. The van der Waals surface area contributed by atoms with Crippen LogP contribution in [0.25, 0.3) is 5.70 Å². The Bertz CT molecular complexity index is 959. The first-order valence-electron chi connectivity index (χ1n) is 8.95. The summed E-state index contributed by atoms with van der Waals surface area (Å²) >= 11 is 3.46. The fraction of sp³-hybridized carbons (Fsp3) is 0.238. The Labute approximate surface area is 177 Å². The van der Waals surface area contributed by atoms with Crippen LogP contribution in [-0.2, 0) is 9.53 Å². The van der Waals surface area contributed by atoms with Gasteiger partial charge in [-0.25, -0.2) is 9.59 Å². The highest BCUT2D eigenvalue weighted by atomic mass is 79.9. The van der Waals surface area contributed by atoms with Crippen molar-refractivity contribution in [2.45, 2.75) is 13.0 Å². The largest absolute Gasteiger partial charge is 0.493 e. The lowest BCUT2D eigenvalue weighted by molar-refractivity contribution is -0.138. The molecule has 3 rings (SSSR count). The molecule has 8 heteroatoms. The molecule has 2 amide bonds. The zero-order valence-electron chi connectivity index (χ0n) is 16.2. The van der Waals surface area contributed by atoms with Gasteiger partial charge in [-0.05, 0) is 46.1 Å². The average molecular weight is 461 g/mol. The summed E-state index contributed by atoms with van der Waals surface area (Å²) in [7, 11) is 3.05. The van der Waals surface area contributed by atoms with E-state index >= 15 is 0 Å². The number of amides is 2. The molecule has 0 aliphatic carbocycles. The molecule has 0 unspecified atom stereocenters. The molecule has 0 fully saturated rings. The van der Waals surface area contributed by atoms with Crippen molar-refractivity contribution in [2.24, 2.45) is 0 Å². The van der Waals surface area contributed by atoms with Gasteiger partial charge in [0.1, 0.15) is 0 Å². The van der Waals surface area contributed by atoms with Gasteiger partial charge >= 0.3 is 12.0 Å². The SMILES string of the molecule is CCOC(=O)C1=C(c2ccccc2)NC(=O)N[C@H]1c1cc(Br)c(OC)c(OC)c1. The molecular weight excluding hydrogens is 440 g/mol. The van der Waals surface area contributed by atoms with Crippen LogP contribution in [0, 0.1) is 0 Å². The third-order valence-electron chi connectivity index (χ3n) is 4.42. The minimum Gasteiger partial charge on any atom is -0.493 e. The number of hydrogen-bond acceptors (Lipinski definition) is 5. The number of rotatable bonds is 6. The zero-order valence-corrected chi connectivity index (χ0v) is 17.8. The van der Waals surface area contributed by atoms with Crippen LogP contribution >= 0.6 is 15.9 Å². The number of benzene rings is 2. The van der Waals surface area contributed by atoms with E-state index < -0.39 is 18.0 Å². The van der Waals surface area contributed by atoms with Crippen LogP contribution in [0.3, 0.4) is 0 Å². The van der Waals surface area contributed by atoms with Gasteiger partial charge in [0.25, 0.3) is 0 Å². The molecule has 2 aromatic carbocycles. The summed E-state index contributed by atoms with van der Waals surface area (Å²) in [6.45, 7) is 1.94. The Morgan fingerprint density at radius 3 is 2.48 bits per heavy atom. The topological polar surface area (TPSA) is 85.9 Å². The average Bonchev–Trinajstić information content (AvgIpc) is 2.73. The van der Waals surface area contributed by atoms with E-state index in [-0.39, 0.29) is 6.61 Å². The zero-order chi connectivity index (χ0) is 21.0. The van der Waals surface area contributed by atoms with Gasteiger partial charge < -0.3 is 24.8 Å². The van der Waals surface area contributed by atoms with Gasteiger partial charge in [-0.1, -0.05) is 30.3 Å². The second-order valence-corrected chi connectivity index (χ2v) is 7.00. The minimum atomic E-state index is -0.742. The first-order valence-corrected chi connectivity index (χ1v) is 9.75. The summed E-state index contributed by atoms with van der Waals surface area (Å²) in [5, 5.41) is 5.56. The first-order chi connectivity index (χ1) is 14.0. The number of hydrogen-bond donors (Lipinski definition) is 2. The number of carbonyl (C=O) groups excluding carboxylic acids is 2. The maximum absolute atomic E-state index is 12.9. The van der Waals surface area contributed by atoms with Crippen molar-refractivity contribution in [1.29, 1.82) is 0 Å². The second-order valence-electron chi connectivity index (χ2n) is 6.14. The van der Waals surface area contributed by atoms with Crippen LogP contribution in [-0.4, -0.2) is 32.8 Å². The molecule has 1 heterocycles. The molecule has 7 nitrogen and oxygen atoms in total. The van der Waals surface area contributed by atoms with Crippen LogP contribution in [0.5, 0.6) is 11.5 Å². The Morgan fingerprint density at radius 1 is 1.14 bits per heavy atom. The van der Waals surface area contributed by atoms with Gasteiger partial charge in [0, 0.05) is 0 Å².